The molecule has 0 aromatic heterocycles. The lowest BCUT2D eigenvalue weighted by molar-refractivity contribution is -0.130. The summed E-state index contributed by atoms with van der Waals surface area (Å²) in [4.78, 5) is 33.3. The van der Waals surface area contributed by atoms with Gasteiger partial charge in [-0.3, -0.25) is 4.79 Å². The first kappa shape index (κ1) is 20.0. The third kappa shape index (κ3) is 6.83. The minimum atomic E-state index is -4.27. The fourth-order valence-electron chi connectivity index (χ4n) is 3.09. The van der Waals surface area contributed by atoms with Crippen LogP contribution in [0.4, 0.5) is 0 Å². The van der Waals surface area contributed by atoms with Gasteiger partial charge >= 0.3 is 6.80 Å². The van der Waals surface area contributed by atoms with E-state index < -0.39 is 12.0 Å². The van der Waals surface area contributed by atoms with Crippen molar-refractivity contribution in [3.8, 4) is 0 Å². The fraction of sp³-hybridized carbons (Fsp3) is 0.929. The molecular weight excluding hydrogens is 373 g/mol. The van der Waals surface area contributed by atoms with Crippen LogP contribution in [0.25, 0.3) is 0 Å². The minimum Gasteiger partial charge on any atom is -0.343 e. The van der Waals surface area contributed by atoms with Gasteiger partial charge in [0.05, 0.1) is 9.83 Å². The second-order valence-corrected chi connectivity index (χ2v) is 12.8. The van der Waals surface area contributed by atoms with Gasteiger partial charge in [0.25, 0.3) is 0 Å². The van der Waals surface area contributed by atoms with Gasteiger partial charge in [-0.25, -0.2) is 4.57 Å². The number of thioether (sulfide) groups is 2. The molecule has 0 aromatic carbocycles. The van der Waals surface area contributed by atoms with Gasteiger partial charge in [-0.2, -0.15) is 0 Å². The van der Waals surface area contributed by atoms with E-state index in [1.165, 1.54) is 6.42 Å². The highest BCUT2D eigenvalue weighted by Crippen LogP contribution is 2.55. The number of hydrogen-bond donors (Lipinski definition) is 2. The zero-order valence-electron chi connectivity index (χ0n) is 13.4. The van der Waals surface area contributed by atoms with E-state index in [0.717, 1.165) is 43.6 Å². The molecule has 9 heteroatoms. The van der Waals surface area contributed by atoms with E-state index >= 15 is 0 Å². The van der Waals surface area contributed by atoms with Crippen molar-refractivity contribution >= 4 is 47.6 Å². The van der Waals surface area contributed by atoms with Gasteiger partial charge in [-0.1, -0.05) is 19.3 Å². The van der Waals surface area contributed by atoms with Crippen LogP contribution in [-0.2, 0) is 9.36 Å². The summed E-state index contributed by atoms with van der Waals surface area (Å²) in [5.74, 6) is 2.23. The second-order valence-electron chi connectivity index (χ2n) is 6.16. The first-order valence-corrected chi connectivity index (χ1v) is 13.3. The predicted molar refractivity (Wildman–Crippen MR) is 101 cm³/mol. The monoisotopic (exact) mass is 399 g/mol. The molecule has 0 radical (unpaired) electrons. The van der Waals surface area contributed by atoms with Crippen LogP contribution < -0.4 is 0 Å². The molecular formula is C14H26NO4PS3. The van der Waals surface area contributed by atoms with Gasteiger partial charge in [0.2, 0.25) is 5.91 Å². The lowest BCUT2D eigenvalue weighted by Crippen LogP contribution is -2.42. The maximum Gasteiger partial charge on any atom is 0.384 e. The standard InChI is InChI=1S/C14H26NO4PS3/c1-15(10-12-21-8-5-9-22-12)14(16)13(23-20(17,18)19)11-6-3-2-4-7-11/h11-13H,2-10H2,1H3,(H2,17,18,19). The van der Waals surface area contributed by atoms with E-state index in [9.17, 15) is 19.1 Å². The number of amides is 1. The summed E-state index contributed by atoms with van der Waals surface area (Å²) in [5, 5.41) is -0.611. The Labute approximate surface area is 151 Å². The predicted octanol–water partition coefficient (Wildman–Crippen LogP) is 3.42. The Hall–Kier alpha value is 0.670. The van der Waals surface area contributed by atoms with Crippen LogP contribution in [0.5, 0.6) is 0 Å². The molecule has 1 atom stereocenters. The van der Waals surface area contributed by atoms with Gasteiger partial charge in [0, 0.05) is 13.6 Å². The molecule has 1 saturated heterocycles. The van der Waals surface area contributed by atoms with Crippen molar-refractivity contribution in [1.29, 1.82) is 0 Å². The Bertz CT molecular complexity index is 436. The van der Waals surface area contributed by atoms with Crippen LogP contribution in [0.1, 0.15) is 38.5 Å². The molecule has 1 saturated carbocycles. The molecule has 0 aromatic rings. The molecule has 0 spiro atoms. The average molecular weight is 400 g/mol. The van der Waals surface area contributed by atoms with Crippen molar-refractivity contribution in [3.63, 3.8) is 0 Å². The van der Waals surface area contributed by atoms with Crippen LogP contribution in [0.3, 0.4) is 0 Å². The molecule has 134 valence electrons. The van der Waals surface area contributed by atoms with Gasteiger partial charge < -0.3 is 14.7 Å². The Kier molecular flexibility index (Phi) is 8.16. The summed E-state index contributed by atoms with van der Waals surface area (Å²) in [6.07, 6.45) is 6.25. The molecule has 1 heterocycles. The van der Waals surface area contributed by atoms with Crippen LogP contribution >= 0.6 is 41.7 Å². The maximum atomic E-state index is 12.8. The normalized spacial score (nSPS) is 22.7. The maximum absolute atomic E-state index is 12.8. The number of carbonyl (C=O) groups is 1. The molecule has 1 aliphatic heterocycles. The molecule has 0 bridgehead atoms. The first-order valence-electron chi connectivity index (χ1n) is 8.09. The highest BCUT2D eigenvalue weighted by Gasteiger charge is 2.37. The summed E-state index contributed by atoms with van der Waals surface area (Å²) in [7, 11) is 1.77. The Balaban J connectivity index is 2.00. The zero-order valence-corrected chi connectivity index (χ0v) is 16.8. The van der Waals surface area contributed by atoms with Gasteiger partial charge in [-0.15, -0.1) is 23.5 Å². The number of carbonyl (C=O) groups excluding carboxylic acids is 1. The van der Waals surface area contributed by atoms with Crippen molar-refractivity contribution in [2.24, 2.45) is 5.92 Å². The second kappa shape index (κ2) is 9.39. The summed E-state index contributed by atoms with van der Waals surface area (Å²) < 4.78 is 11.9. The lowest BCUT2D eigenvalue weighted by atomic mass is 9.86. The fourth-order valence-corrected chi connectivity index (χ4v) is 8.73. The van der Waals surface area contributed by atoms with E-state index in [1.807, 2.05) is 23.5 Å². The highest BCUT2D eigenvalue weighted by molar-refractivity contribution is 8.55. The zero-order chi connectivity index (χ0) is 16.9. The third-order valence-electron chi connectivity index (χ3n) is 4.27. The Morgan fingerprint density at radius 1 is 1.22 bits per heavy atom. The molecule has 2 N–H and O–H groups in total. The summed E-state index contributed by atoms with van der Waals surface area (Å²) >= 11 is 4.32. The number of hydrogen-bond acceptors (Lipinski definition) is 5. The van der Waals surface area contributed by atoms with Crippen molar-refractivity contribution < 1.29 is 19.1 Å². The minimum absolute atomic E-state index is 0.0861. The number of rotatable bonds is 6. The van der Waals surface area contributed by atoms with Crippen molar-refractivity contribution in [2.45, 2.75) is 48.4 Å². The van der Waals surface area contributed by atoms with Gasteiger partial charge in [0.1, 0.15) is 0 Å². The molecule has 2 fully saturated rings. The van der Waals surface area contributed by atoms with Crippen LogP contribution in [0.15, 0.2) is 0 Å². The quantitative estimate of drug-likeness (QED) is 0.663. The smallest absolute Gasteiger partial charge is 0.343 e. The molecule has 1 aliphatic carbocycles. The molecule has 1 unspecified atom stereocenters. The molecule has 5 nitrogen and oxygen atoms in total. The molecule has 1 amide bonds. The van der Waals surface area contributed by atoms with Gasteiger partial charge in [-0.05, 0) is 48.1 Å². The Morgan fingerprint density at radius 3 is 2.39 bits per heavy atom. The molecule has 2 aliphatic rings. The lowest BCUT2D eigenvalue weighted by Gasteiger charge is -2.33. The highest BCUT2D eigenvalue weighted by atomic mass is 32.7. The third-order valence-corrected chi connectivity index (χ3v) is 9.77. The summed E-state index contributed by atoms with van der Waals surface area (Å²) in [5.41, 5.74) is 0. The first-order chi connectivity index (χ1) is 10.9. The SMILES string of the molecule is CN(CC1SCCCS1)C(=O)C(SP(=O)(O)O)C1CCCCC1. The van der Waals surface area contributed by atoms with Crippen molar-refractivity contribution in [2.75, 3.05) is 25.1 Å². The van der Waals surface area contributed by atoms with Crippen LogP contribution in [-0.4, -0.2) is 55.5 Å². The number of nitrogens with zero attached hydrogens (tertiary/aromatic N) is 1. The summed E-state index contributed by atoms with van der Waals surface area (Å²) in [6.45, 7) is -3.61. The van der Waals surface area contributed by atoms with E-state index in [4.69, 9.17) is 0 Å². The van der Waals surface area contributed by atoms with E-state index in [0.29, 0.717) is 22.5 Å². The van der Waals surface area contributed by atoms with Crippen molar-refractivity contribution in [3.05, 3.63) is 0 Å². The largest absolute Gasteiger partial charge is 0.384 e. The van der Waals surface area contributed by atoms with Crippen LogP contribution in [0, 0.1) is 5.92 Å². The van der Waals surface area contributed by atoms with Crippen LogP contribution in [0.2, 0.25) is 0 Å². The van der Waals surface area contributed by atoms with E-state index in [1.54, 1.807) is 11.9 Å². The van der Waals surface area contributed by atoms with E-state index in [2.05, 4.69) is 0 Å². The van der Waals surface area contributed by atoms with Gasteiger partial charge in [0.15, 0.2) is 0 Å². The topological polar surface area (TPSA) is 77.8 Å². The molecule has 2 rings (SSSR count). The average Bonchev–Trinajstić information content (AvgIpc) is 2.53. The molecule has 23 heavy (non-hydrogen) atoms. The van der Waals surface area contributed by atoms with Crippen molar-refractivity contribution in [1.82, 2.24) is 4.90 Å². The summed E-state index contributed by atoms with van der Waals surface area (Å²) in [6, 6.07) is 0. The Morgan fingerprint density at radius 2 is 1.83 bits per heavy atom. The van der Waals surface area contributed by atoms with E-state index in [-0.39, 0.29) is 11.8 Å².